The third-order valence-corrected chi connectivity index (χ3v) is 21.1. The van der Waals surface area contributed by atoms with Crippen LogP contribution in [0.5, 0.6) is 0 Å². The third-order valence-electron chi connectivity index (χ3n) is 9.45. The Morgan fingerprint density at radius 1 is 0.630 bits per heavy atom. The molecule has 0 bridgehead atoms. The molecule has 0 saturated carbocycles. The standard InChI is InChI=1S/C21H25.C13H10.C9H13.2ClH.Hf/c1-20(2,3)16-7-9-18-14(12-16)11-15-13-17(21(4,5)6)8-10-19(15)18;1-3-7-12(8-4-1)11-13-9-5-2-6-10-13;1-9(2,3)8-6-4-5-7-8;;;/h7-10,12H,11H2,1-6H3;1-10H;4-7H,1-3H3;2*1H;/q;;;;;+2/p-2. The smallest absolute Gasteiger partial charge is 1.00 e. The van der Waals surface area contributed by atoms with Crippen LogP contribution in [-0.2, 0) is 38.2 Å². The zero-order chi connectivity index (χ0) is 31.4. The maximum atomic E-state index is 2.67. The molecule has 0 radical (unpaired) electrons. The van der Waals surface area contributed by atoms with Crippen LogP contribution >= 0.6 is 0 Å². The van der Waals surface area contributed by atoms with E-state index in [-0.39, 0.29) is 41.1 Å². The van der Waals surface area contributed by atoms with Gasteiger partial charge in [0, 0.05) is 0 Å². The van der Waals surface area contributed by atoms with E-state index in [1.165, 1.54) is 39.0 Å². The molecule has 0 heterocycles. The molecule has 238 valence electrons. The largest absolute Gasteiger partial charge is 1.00 e. The minimum absolute atomic E-state index is 0. The summed E-state index contributed by atoms with van der Waals surface area (Å²) >= 11 is -3.05. The van der Waals surface area contributed by atoms with E-state index >= 15 is 0 Å². The molecule has 46 heavy (non-hydrogen) atoms. The molecule has 1 unspecified atom stereocenters. The maximum absolute atomic E-state index is 3.05. The molecular weight excluding hydrogens is 766 g/mol. The molecule has 0 fully saturated rings. The topological polar surface area (TPSA) is 0 Å². The molecule has 0 aliphatic heterocycles. The summed E-state index contributed by atoms with van der Waals surface area (Å²) in [6.07, 6.45) is 8.73. The van der Waals surface area contributed by atoms with Crippen LogP contribution in [0.3, 0.4) is 0 Å². The summed E-state index contributed by atoms with van der Waals surface area (Å²) in [5, 5.41) is 0. The Labute approximate surface area is 298 Å². The van der Waals surface area contributed by atoms with Gasteiger partial charge in [-0.05, 0) is 0 Å². The van der Waals surface area contributed by atoms with E-state index in [2.05, 4.69) is 172 Å². The number of fused-ring (bicyclic) bond motifs is 3. The fourth-order valence-corrected chi connectivity index (χ4v) is 20.7. The van der Waals surface area contributed by atoms with E-state index in [9.17, 15) is 0 Å². The molecule has 6 rings (SSSR count). The third kappa shape index (κ3) is 7.08. The number of hydrogen-bond acceptors (Lipinski definition) is 0. The van der Waals surface area contributed by atoms with E-state index in [0.29, 0.717) is 3.67 Å². The van der Waals surface area contributed by atoms with E-state index in [4.69, 9.17) is 0 Å². The maximum Gasteiger partial charge on any atom is -1.00 e. The predicted octanol–water partition coefficient (Wildman–Crippen LogP) is 4.70. The predicted molar refractivity (Wildman–Crippen MR) is 188 cm³/mol. The van der Waals surface area contributed by atoms with Gasteiger partial charge < -0.3 is 24.8 Å². The van der Waals surface area contributed by atoms with Gasteiger partial charge in [0.25, 0.3) is 0 Å². The van der Waals surface area contributed by atoms with Crippen molar-refractivity contribution in [3.63, 3.8) is 0 Å². The van der Waals surface area contributed by atoms with Gasteiger partial charge in [-0.25, -0.2) is 0 Å². The van der Waals surface area contributed by atoms with Gasteiger partial charge in [0.1, 0.15) is 0 Å². The first kappa shape index (κ1) is 36.5. The van der Waals surface area contributed by atoms with Gasteiger partial charge in [0.15, 0.2) is 0 Å². The monoisotopic (exact) mass is 814 g/mol. The molecule has 0 saturated heterocycles. The van der Waals surface area contributed by atoms with Crippen LogP contribution in [0.1, 0.15) is 95.7 Å². The van der Waals surface area contributed by atoms with E-state index in [1.54, 1.807) is 17.7 Å². The fraction of sp³-hybridized carbons (Fsp3) is 0.326. The van der Waals surface area contributed by atoms with Crippen molar-refractivity contribution in [2.45, 2.75) is 83.2 Å². The van der Waals surface area contributed by atoms with Crippen LogP contribution in [0.25, 0.3) is 11.1 Å². The Hall–Kier alpha value is -2.32. The summed E-state index contributed by atoms with van der Waals surface area (Å²) in [7, 11) is 0. The number of benzene rings is 4. The van der Waals surface area contributed by atoms with Crippen molar-refractivity contribution in [3.8, 4) is 11.1 Å². The van der Waals surface area contributed by atoms with Gasteiger partial charge in [0.05, 0.1) is 0 Å². The second-order valence-electron chi connectivity index (χ2n) is 15.8. The molecule has 4 aromatic carbocycles. The summed E-state index contributed by atoms with van der Waals surface area (Å²) in [4.78, 5) is 0. The molecule has 0 N–H and O–H groups in total. The molecule has 2 aliphatic rings. The Bertz CT molecular complexity index is 1760. The number of rotatable bonds is 4. The first-order valence-corrected chi connectivity index (χ1v) is 22.0. The Morgan fingerprint density at radius 2 is 1.20 bits per heavy atom. The molecule has 0 aromatic heterocycles. The Kier molecular flexibility index (Phi) is 10.8. The molecule has 2 aliphatic carbocycles. The van der Waals surface area contributed by atoms with Gasteiger partial charge in [-0.3, -0.25) is 0 Å². The van der Waals surface area contributed by atoms with Crippen molar-refractivity contribution in [2.75, 3.05) is 0 Å². The van der Waals surface area contributed by atoms with Crippen molar-refractivity contribution in [3.05, 3.63) is 148 Å². The van der Waals surface area contributed by atoms with Gasteiger partial charge in [-0.1, -0.05) is 0 Å². The zero-order valence-corrected chi connectivity index (χ0v) is 34.0. The average Bonchev–Trinajstić information content (AvgIpc) is 3.61. The molecule has 4 aromatic rings. The van der Waals surface area contributed by atoms with Crippen molar-refractivity contribution < 1.29 is 45.8 Å². The number of halogens is 2. The Morgan fingerprint density at radius 3 is 1.70 bits per heavy atom. The van der Waals surface area contributed by atoms with Gasteiger partial charge in [0.2, 0.25) is 0 Å². The summed E-state index contributed by atoms with van der Waals surface area (Å²) in [6, 6.07) is 35.0. The number of hydrogen-bond donors (Lipinski definition) is 0. The van der Waals surface area contributed by atoms with E-state index in [1.807, 2.05) is 0 Å². The first-order chi connectivity index (χ1) is 20.7. The van der Waals surface area contributed by atoms with Crippen molar-refractivity contribution >= 4 is 6.58 Å². The normalized spacial score (nSPS) is 15.1. The molecule has 0 nitrogen and oxygen atoms in total. The van der Waals surface area contributed by atoms with E-state index in [0.717, 1.165) is 6.42 Å². The van der Waals surface area contributed by atoms with Crippen LogP contribution < -0.4 is 28.1 Å². The SMILES string of the molecule is CC(C)(C)C1=C[CH]([Hf+2](=[C](c2ccccc2)c2ccccc2)[c]2c(C(C)(C)C)ccc3c2Cc2cc(C(C)(C)C)ccc2-3)C=C1.[Cl-].[Cl-]. The molecule has 0 amide bonds. The molecule has 1 atom stereocenters. The van der Waals surface area contributed by atoms with E-state index < -0.39 is 21.0 Å². The van der Waals surface area contributed by atoms with Crippen LogP contribution in [0.2, 0.25) is 3.67 Å². The van der Waals surface area contributed by atoms with Crippen LogP contribution in [0, 0.1) is 5.41 Å². The average molecular weight is 814 g/mol. The Balaban J connectivity index is 0.00000240. The second-order valence-corrected chi connectivity index (χ2v) is 24.8. The first-order valence-electron chi connectivity index (χ1n) is 16.3. The molecule has 3 heteroatoms. The summed E-state index contributed by atoms with van der Waals surface area (Å²) in [6.45, 7) is 21.4. The van der Waals surface area contributed by atoms with Crippen molar-refractivity contribution in [2.24, 2.45) is 5.41 Å². The minimum Gasteiger partial charge on any atom is -1.00 e. The summed E-state index contributed by atoms with van der Waals surface area (Å²) in [5.74, 6) is 0. The van der Waals surface area contributed by atoms with Gasteiger partial charge in [-0.2, -0.15) is 0 Å². The minimum atomic E-state index is -3.05. The second kappa shape index (κ2) is 13.7. The summed E-state index contributed by atoms with van der Waals surface area (Å²) < 4.78 is 3.82. The van der Waals surface area contributed by atoms with Gasteiger partial charge in [-0.15, -0.1) is 0 Å². The molecular formula is C43H48Cl2Hf. The zero-order valence-electron chi connectivity index (χ0n) is 28.9. The van der Waals surface area contributed by atoms with Crippen LogP contribution in [0.4, 0.5) is 0 Å². The van der Waals surface area contributed by atoms with Crippen molar-refractivity contribution in [1.82, 2.24) is 0 Å². The van der Waals surface area contributed by atoms with Gasteiger partial charge >= 0.3 is 275 Å². The van der Waals surface area contributed by atoms with Crippen LogP contribution in [0.15, 0.2) is 115 Å². The van der Waals surface area contributed by atoms with Crippen LogP contribution in [-0.4, -0.2) is 3.26 Å². The fourth-order valence-electron chi connectivity index (χ4n) is 7.01. The number of allylic oxidation sites excluding steroid dienone is 4. The molecule has 0 spiro atoms. The summed E-state index contributed by atoms with van der Waals surface area (Å²) in [5.41, 5.74) is 13.6. The quantitative estimate of drug-likeness (QED) is 0.231. The van der Waals surface area contributed by atoms with Crippen molar-refractivity contribution in [1.29, 1.82) is 0 Å².